The van der Waals surface area contributed by atoms with E-state index in [0.29, 0.717) is 6.42 Å². The van der Waals surface area contributed by atoms with Crippen LogP contribution in [-0.2, 0) is 6.54 Å². The van der Waals surface area contributed by atoms with E-state index < -0.39 is 6.04 Å². The summed E-state index contributed by atoms with van der Waals surface area (Å²) in [6.45, 7) is 2.82. The van der Waals surface area contributed by atoms with E-state index in [4.69, 9.17) is 15.7 Å². The third-order valence-corrected chi connectivity index (χ3v) is 4.23. The standard InChI is InChI=1S/C18H20N4O/c1-12-18-16(7-8-21-12)15-6-5-14(23-2)10-17(15)22(18)9-3-4-13(20)11-19/h5-8,10,13H,3-4,9,20H2,1-2H3. The zero-order chi connectivity index (χ0) is 16.4. The van der Waals surface area contributed by atoms with Gasteiger partial charge >= 0.3 is 0 Å². The smallest absolute Gasteiger partial charge is 0.120 e. The summed E-state index contributed by atoms with van der Waals surface area (Å²) in [6, 6.07) is 9.85. The molecular weight excluding hydrogens is 288 g/mol. The topological polar surface area (TPSA) is 76.9 Å². The number of nitriles is 1. The van der Waals surface area contributed by atoms with Crippen LogP contribution in [0.2, 0.25) is 0 Å². The highest BCUT2D eigenvalue weighted by atomic mass is 16.5. The van der Waals surface area contributed by atoms with Crippen LogP contribution in [0.1, 0.15) is 18.5 Å². The summed E-state index contributed by atoms with van der Waals surface area (Å²) in [5.74, 6) is 0.834. The Balaban J connectivity index is 2.13. The molecule has 1 aromatic carbocycles. The number of aromatic nitrogens is 2. The van der Waals surface area contributed by atoms with Crippen molar-refractivity contribution in [3.8, 4) is 11.8 Å². The molecule has 0 saturated carbocycles. The zero-order valence-corrected chi connectivity index (χ0v) is 13.4. The summed E-state index contributed by atoms with van der Waals surface area (Å²) in [7, 11) is 1.67. The molecule has 0 amide bonds. The molecule has 0 spiro atoms. The van der Waals surface area contributed by atoms with Gasteiger partial charge in [0.25, 0.3) is 0 Å². The Labute approximate surface area is 135 Å². The van der Waals surface area contributed by atoms with E-state index in [1.54, 1.807) is 7.11 Å². The van der Waals surface area contributed by atoms with Crippen LogP contribution in [-0.4, -0.2) is 22.7 Å². The Morgan fingerprint density at radius 2 is 2.17 bits per heavy atom. The fourth-order valence-electron chi connectivity index (χ4n) is 3.09. The highest BCUT2D eigenvalue weighted by Crippen LogP contribution is 2.32. The van der Waals surface area contributed by atoms with Crippen molar-refractivity contribution < 1.29 is 4.74 Å². The number of hydrogen-bond acceptors (Lipinski definition) is 4. The van der Waals surface area contributed by atoms with Crippen molar-refractivity contribution in [1.82, 2.24) is 9.55 Å². The molecule has 0 aliphatic carbocycles. The predicted octanol–water partition coefficient (Wildman–Crippen LogP) is 3.14. The molecule has 0 fully saturated rings. The van der Waals surface area contributed by atoms with Crippen molar-refractivity contribution in [3.63, 3.8) is 0 Å². The zero-order valence-electron chi connectivity index (χ0n) is 13.4. The summed E-state index contributed by atoms with van der Waals surface area (Å²) >= 11 is 0. The van der Waals surface area contributed by atoms with Crippen molar-refractivity contribution in [2.45, 2.75) is 32.4 Å². The van der Waals surface area contributed by atoms with Crippen molar-refractivity contribution in [3.05, 3.63) is 36.2 Å². The number of benzene rings is 1. The van der Waals surface area contributed by atoms with Crippen molar-refractivity contribution in [2.24, 2.45) is 5.73 Å². The molecule has 0 bridgehead atoms. The van der Waals surface area contributed by atoms with E-state index in [1.807, 2.05) is 19.2 Å². The number of nitrogens with two attached hydrogens (primary N) is 1. The molecule has 118 valence electrons. The van der Waals surface area contributed by atoms with Crippen molar-refractivity contribution in [2.75, 3.05) is 7.11 Å². The van der Waals surface area contributed by atoms with Gasteiger partial charge in [0.1, 0.15) is 5.75 Å². The second-order valence-electron chi connectivity index (χ2n) is 5.71. The predicted molar refractivity (Wildman–Crippen MR) is 91.4 cm³/mol. The van der Waals surface area contributed by atoms with E-state index in [2.05, 4.69) is 33.8 Å². The normalized spacial score (nSPS) is 12.4. The van der Waals surface area contributed by atoms with Crippen LogP contribution in [0.3, 0.4) is 0 Å². The third-order valence-electron chi connectivity index (χ3n) is 4.23. The Morgan fingerprint density at radius 1 is 1.35 bits per heavy atom. The maximum Gasteiger partial charge on any atom is 0.120 e. The lowest BCUT2D eigenvalue weighted by Gasteiger charge is -2.10. The van der Waals surface area contributed by atoms with Gasteiger partial charge in [-0.3, -0.25) is 4.98 Å². The van der Waals surface area contributed by atoms with Gasteiger partial charge in [-0.2, -0.15) is 5.26 Å². The fourth-order valence-corrected chi connectivity index (χ4v) is 3.09. The van der Waals surface area contributed by atoms with E-state index in [-0.39, 0.29) is 0 Å². The Bertz CT molecular complexity index is 891. The molecular formula is C18H20N4O. The van der Waals surface area contributed by atoms with Gasteiger partial charge in [-0.25, -0.2) is 0 Å². The van der Waals surface area contributed by atoms with Crippen LogP contribution in [0.25, 0.3) is 21.8 Å². The van der Waals surface area contributed by atoms with Gasteiger partial charge in [-0.1, -0.05) is 0 Å². The first-order valence-electron chi connectivity index (χ1n) is 7.72. The summed E-state index contributed by atoms with van der Waals surface area (Å²) in [6.07, 6.45) is 3.37. The molecule has 0 aliphatic heterocycles. The van der Waals surface area contributed by atoms with Gasteiger partial charge in [-0.15, -0.1) is 0 Å². The number of aryl methyl sites for hydroxylation is 2. The molecule has 5 nitrogen and oxygen atoms in total. The van der Waals surface area contributed by atoms with E-state index in [9.17, 15) is 0 Å². The molecule has 0 radical (unpaired) electrons. The molecule has 1 atom stereocenters. The molecule has 0 saturated heterocycles. The number of pyridine rings is 1. The Morgan fingerprint density at radius 3 is 2.91 bits per heavy atom. The van der Waals surface area contributed by atoms with Crippen LogP contribution in [0.4, 0.5) is 0 Å². The van der Waals surface area contributed by atoms with Gasteiger partial charge in [0.05, 0.1) is 35.9 Å². The SMILES string of the molecule is COc1ccc2c3ccnc(C)c3n(CCCC(N)C#N)c2c1. The average molecular weight is 308 g/mol. The minimum absolute atomic E-state index is 0.406. The molecule has 2 aromatic heterocycles. The van der Waals surface area contributed by atoms with Crippen LogP contribution in [0.5, 0.6) is 5.75 Å². The molecule has 23 heavy (non-hydrogen) atoms. The first-order valence-corrected chi connectivity index (χ1v) is 7.72. The third kappa shape index (κ3) is 2.73. The minimum Gasteiger partial charge on any atom is -0.497 e. The molecule has 0 aliphatic rings. The highest BCUT2D eigenvalue weighted by molar-refractivity contribution is 6.09. The highest BCUT2D eigenvalue weighted by Gasteiger charge is 2.14. The summed E-state index contributed by atoms with van der Waals surface area (Å²) < 4.78 is 7.64. The quantitative estimate of drug-likeness (QED) is 0.785. The van der Waals surface area contributed by atoms with Crippen molar-refractivity contribution in [1.29, 1.82) is 5.26 Å². The number of nitrogens with zero attached hydrogens (tertiary/aromatic N) is 3. The lowest BCUT2D eigenvalue weighted by molar-refractivity contribution is 0.415. The van der Waals surface area contributed by atoms with Gasteiger partial charge < -0.3 is 15.0 Å². The fraction of sp³-hybridized carbons (Fsp3) is 0.333. The first-order chi connectivity index (χ1) is 11.2. The monoisotopic (exact) mass is 308 g/mol. The molecule has 5 heteroatoms. The molecule has 3 aromatic rings. The summed E-state index contributed by atoms with van der Waals surface area (Å²) in [4.78, 5) is 4.44. The van der Waals surface area contributed by atoms with Crippen LogP contribution in [0, 0.1) is 18.3 Å². The number of ether oxygens (including phenoxy) is 1. The Hall–Kier alpha value is -2.58. The summed E-state index contributed by atoms with van der Waals surface area (Å²) in [5.41, 5.74) is 8.98. The minimum atomic E-state index is -0.406. The number of methoxy groups -OCH3 is 1. The van der Waals surface area contributed by atoms with Crippen molar-refractivity contribution >= 4 is 21.8 Å². The van der Waals surface area contributed by atoms with Gasteiger partial charge in [0, 0.05) is 29.6 Å². The lowest BCUT2D eigenvalue weighted by Crippen LogP contribution is -2.17. The van der Waals surface area contributed by atoms with Crippen LogP contribution >= 0.6 is 0 Å². The maximum absolute atomic E-state index is 8.84. The van der Waals surface area contributed by atoms with E-state index in [0.717, 1.165) is 35.4 Å². The van der Waals surface area contributed by atoms with E-state index >= 15 is 0 Å². The first kappa shape index (κ1) is 15.3. The number of rotatable bonds is 5. The average Bonchev–Trinajstić information content (AvgIpc) is 2.89. The maximum atomic E-state index is 8.84. The number of fused-ring (bicyclic) bond motifs is 3. The van der Waals surface area contributed by atoms with E-state index in [1.165, 1.54) is 10.8 Å². The molecule has 2 heterocycles. The largest absolute Gasteiger partial charge is 0.497 e. The second kappa shape index (κ2) is 6.27. The second-order valence-corrected chi connectivity index (χ2v) is 5.71. The number of hydrogen-bond donors (Lipinski definition) is 1. The Kier molecular flexibility index (Phi) is 4.18. The molecule has 3 rings (SSSR count). The van der Waals surface area contributed by atoms with Gasteiger partial charge in [0.15, 0.2) is 0 Å². The molecule has 2 N–H and O–H groups in total. The van der Waals surface area contributed by atoms with Crippen LogP contribution in [0.15, 0.2) is 30.5 Å². The summed E-state index contributed by atoms with van der Waals surface area (Å²) in [5, 5.41) is 11.2. The van der Waals surface area contributed by atoms with Gasteiger partial charge in [0.2, 0.25) is 0 Å². The lowest BCUT2D eigenvalue weighted by atomic mass is 10.1. The molecule has 1 unspecified atom stereocenters. The van der Waals surface area contributed by atoms with Crippen LogP contribution < -0.4 is 10.5 Å². The van der Waals surface area contributed by atoms with Gasteiger partial charge in [-0.05, 0) is 38.0 Å².